The van der Waals surface area contributed by atoms with Gasteiger partial charge in [0, 0.05) is 32.8 Å². The molecule has 0 unspecified atom stereocenters. The lowest BCUT2D eigenvalue weighted by atomic mass is 10.1. The average molecular weight is 405 g/mol. The highest BCUT2D eigenvalue weighted by molar-refractivity contribution is 6.08. The molecule has 0 aliphatic heterocycles. The second kappa shape index (κ2) is 11.1. The van der Waals surface area contributed by atoms with Gasteiger partial charge in [0.2, 0.25) is 5.91 Å². The maximum Gasteiger partial charge on any atom is 0.341 e. The van der Waals surface area contributed by atoms with Crippen molar-refractivity contribution >= 4 is 28.5 Å². The molecule has 0 radical (unpaired) electrons. The third kappa shape index (κ3) is 5.47. The minimum absolute atomic E-state index is 0.129. The van der Waals surface area contributed by atoms with E-state index in [1.165, 1.54) is 13.3 Å². The van der Waals surface area contributed by atoms with Gasteiger partial charge in [0.1, 0.15) is 22.6 Å². The van der Waals surface area contributed by atoms with Crippen LogP contribution in [-0.4, -0.2) is 64.5 Å². The summed E-state index contributed by atoms with van der Waals surface area (Å²) in [4.78, 5) is 28.8. The summed E-state index contributed by atoms with van der Waals surface area (Å²) >= 11 is 0. The third-order valence-electron chi connectivity index (χ3n) is 4.16. The first-order valence-electron chi connectivity index (χ1n) is 9.27. The minimum atomic E-state index is -0.515. The normalized spacial score (nSPS) is 10.5. The fourth-order valence-corrected chi connectivity index (χ4v) is 2.82. The summed E-state index contributed by atoms with van der Waals surface area (Å²) < 4.78 is 20.9. The predicted molar refractivity (Wildman–Crippen MR) is 109 cm³/mol. The Kier molecular flexibility index (Phi) is 8.47. The predicted octanol–water partition coefficient (Wildman–Crippen LogP) is 1.99. The van der Waals surface area contributed by atoms with Crippen molar-refractivity contribution in [3.63, 3.8) is 0 Å². The first-order chi connectivity index (χ1) is 14.1. The summed E-state index contributed by atoms with van der Waals surface area (Å²) in [5.74, 6) is 0.414. The quantitative estimate of drug-likeness (QED) is 0.432. The fourth-order valence-electron chi connectivity index (χ4n) is 2.82. The molecular formula is C20H27N3O6. The van der Waals surface area contributed by atoms with Crippen molar-refractivity contribution < 1.29 is 28.5 Å². The minimum Gasteiger partial charge on any atom is -0.496 e. The number of nitrogens with zero attached hydrogens (tertiary/aromatic N) is 1. The standard InChI is InChI=1S/C20H27N3O6/c1-5-29-20(25)13-12-23-19-15(28-4)7-6-14(27-3)17(19)18(13)22-9-8-16(24)21-10-11-26-2/h6-7,12H,5,8-11H2,1-4H3,(H,21,24)(H,22,23). The summed E-state index contributed by atoms with van der Waals surface area (Å²) in [6, 6.07) is 3.48. The number of hydrogen-bond acceptors (Lipinski definition) is 8. The number of nitrogens with one attached hydrogen (secondary N) is 2. The van der Waals surface area contributed by atoms with Gasteiger partial charge in [0.15, 0.2) is 0 Å². The monoisotopic (exact) mass is 405 g/mol. The van der Waals surface area contributed by atoms with Gasteiger partial charge in [-0.25, -0.2) is 4.79 Å². The first-order valence-corrected chi connectivity index (χ1v) is 9.27. The summed E-state index contributed by atoms with van der Waals surface area (Å²) in [7, 11) is 4.64. The molecule has 2 N–H and O–H groups in total. The number of carbonyl (C=O) groups excluding carboxylic acids is 2. The summed E-state index contributed by atoms with van der Waals surface area (Å²) in [6.07, 6.45) is 1.64. The molecule has 0 fully saturated rings. The van der Waals surface area contributed by atoms with Crippen LogP contribution in [0.4, 0.5) is 5.69 Å². The van der Waals surface area contributed by atoms with Crippen LogP contribution in [0, 0.1) is 0 Å². The van der Waals surface area contributed by atoms with Crippen LogP contribution in [0.5, 0.6) is 11.5 Å². The molecule has 2 aromatic rings. The van der Waals surface area contributed by atoms with Gasteiger partial charge in [0.05, 0.1) is 38.5 Å². The van der Waals surface area contributed by atoms with E-state index in [9.17, 15) is 9.59 Å². The Labute approximate surface area is 169 Å². The number of fused-ring (bicyclic) bond motifs is 1. The number of esters is 1. The van der Waals surface area contributed by atoms with Gasteiger partial charge in [-0.1, -0.05) is 0 Å². The Morgan fingerprint density at radius 2 is 1.79 bits per heavy atom. The first kappa shape index (κ1) is 22.2. The lowest BCUT2D eigenvalue weighted by molar-refractivity contribution is -0.121. The largest absolute Gasteiger partial charge is 0.496 e. The number of hydrogen-bond donors (Lipinski definition) is 2. The molecule has 9 nitrogen and oxygen atoms in total. The molecule has 1 aromatic carbocycles. The van der Waals surface area contributed by atoms with Crippen LogP contribution in [-0.2, 0) is 14.3 Å². The number of carbonyl (C=O) groups is 2. The van der Waals surface area contributed by atoms with E-state index in [-0.39, 0.29) is 24.5 Å². The summed E-state index contributed by atoms with van der Waals surface area (Å²) in [5.41, 5.74) is 1.27. The second-order valence-corrected chi connectivity index (χ2v) is 5.98. The van der Waals surface area contributed by atoms with E-state index in [0.29, 0.717) is 47.8 Å². The Morgan fingerprint density at radius 3 is 2.45 bits per heavy atom. The number of aromatic nitrogens is 1. The topological polar surface area (TPSA) is 108 Å². The van der Waals surface area contributed by atoms with Crippen LogP contribution in [0.1, 0.15) is 23.7 Å². The molecule has 0 aliphatic carbocycles. The van der Waals surface area contributed by atoms with Gasteiger partial charge in [-0.2, -0.15) is 0 Å². The zero-order valence-electron chi connectivity index (χ0n) is 17.2. The van der Waals surface area contributed by atoms with Crippen LogP contribution >= 0.6 is 0 Å². The fraction of sp³-hybridized carbons (Fsp3) is 0.450. The van der Waals surface area contributed by atoms with E-state index < -0.39 is 5.97 Å². The SMILES string of the molecule is CCOC(=O)c1cnc2c(OC)ccc(OC)c2c1NCCC(=O)NCCOC. The van der Waals surface area contributed by atoms with Crippen LogP contribution in [0.3, 0.4) is 0 Å². The van der Waals surface area contributed by atoms with Crippen molar-refractivity contribution in [1.82, 2.24) is 10.3 Å². The highest BCUT2D eigenvalue weighted by Gasteiger charge is 2.21. The number of amides is 1. The van der Waals surface area contributed by atoms with Crippen LogP contribution < -0.4 is 20.1 Å². The Balaban J connectivity index is 2.38. The van der Waals surface area contributed by atoms with E-state index in [1.54, 1.807) is 33.3 Å². The molecule has 0 saturated heterocycles. The zero-order valence-corrected chi connectivity index (χ0v) is 17.2. The van der Waals surface area contributed by atoms with Crippen molar-refractivity contribution in [1.29, 1.82) is 0 Å². The van der Waals surface area contributed by atoms with Crippen LogP contribution in [0.25, 0.3) is 10.9 Å². The molecule has 9 heteroatoms. The summed E-state index contributed by atoms with van der Waals surface area (Å²) in [5, 5.41) is 6.51. The molecule has 29 heavy (non-hydrogen) atoms. The van der Waals surface area contributed by atoms with Crippen LogP contribution in [0.15, 0.2) is 18.3 Å². The number of methoxy groups -OCH3 is 3. The zero-order chi connectivity index (χ0) is 21.2. The van der Waals surface area contributed by atoms with E-state index in [4.69, 9.17) is 18.9 Å². The molecule has 2 rings (SSSR count). The van der Waals surface area contributed by atoms with Crippen LogP contribution in [0.2, 0.25) is 0 Å². The average Bonchev–Trinajstić information content (AvgIpc) is 2.73. The lowest BCUT2D eigenvalue weighted by Crippen LogP contribution is -2.28. The van der Waals surface area contributed by atoms with Crippen molar-refractivity contribution in [2.75, 3.05) is 52.9 Å². The van der Waals surface area contributed by atoms with Gasteiger partial charge < -0.3 is 29.6 Å². The summed E-state index contributed by atoms with van der Waals surface area (Å²) in [6.45, 7) is 3.14. The number of anilines is 1. The number of pyridine rings is 1. The molecule has 0 saturated carbocycles. The van der Waals surface area contributed by atoms with E-state index in [0.717, 1.165) is 0 Å². The Hall–Kier alpha value is -3.07. The van der Waals surface area contributed by atoms with Crippen molar-refractivity contribution in [2.24, 2.45) is 0 Å². The van der Waals surface area contributed by atoms with Crippen molar-refractivity contribution in [3.05, 3.63) is 23.9 Å². The molecule has 1 aromatic heterocycles. The molecule has 0 atom stereocenters. The van der Waals surface area contributed by atoms with E-state index in [2.05, 4.69) is 15.6 Å². The van der Waals surface area contributed by atoms with Gasteiger partial charge in [0.25, 0.3) is 0 Å². The highest BCUT2D eigenvalue weighted by atomic mass is 16.5. The van der Waals surface area contributed by atoms with Gasteiger partial charge in [-0.3, -0.25) is 9.78 Å². The number of benzene rings is 1. The van der Waals surface area contributed by atoms with Gasteiger partial charge in [-0.05, 0) is 19.1 Å². The molecule has 0 bridgehead atoms. The second-order valence-electron chi connectivity index (χ2n) is 5.98. The third-order valence-corrected chi connectivity index (χ3v) is 4.16. The van der Waals surface area contributed by atoms with Crippen molar-refractivity contribution in [2.45, 2.75) is 13.3 Å². The molecule has 0 spiro atoms. The Morgan fingerprint density at radius 1 is 1.07 bits per heavy atom. The van der Waals surface area contributed by atoms with Gasteiger partial charge >= 0.3 is 5.97 Å². The molecule has 1 amide bonds. The number of ether oxygens (including phenoxy) is 4. The molecule has 158 valence electrons. The van der Waals surface area contributed by atoms with Gasteiger partial charge in [-0.15, -0.1) is 0 Å². The maximum atomic E-state index is 12.5. The molecule has 0 aliphatic rings. The van der Waals surface area contributed by atoms with E-state index >= 15 is 0 Å². The van der Waals surface area contributed by atoms with E-state index in [1.807, 2.05) is 0 Å². The smallest absolute Gasteiger partial charge is 0.341 e. The highest BCUT2D eigenvalue weighted by Crippen LogP contribution is 2.38. The molecule has 1 heterocycles. The lowest BCUT2D eigenvalue weighted by Gasteiger charge is -2.17. The number of rotatable bonds is 11. The molecular weight excluding hydrogens is 378 g/mol. The Bertz CT molecular complexity index is 856. The maximum absolute atomic E-state index is 12.5. The van der Waals surface area contributed by atoms with Crippen molar-refractivity contribution in [3.8, 4) is 11.5 Å².